The van der Waals surface area contributed by atoms with Gasteiger partial charge < -0.3 is 14.6 Å². The predicted octanol–water partition coefficient (Wildman–Crippen LogP) is 3.34. The van der Waals surface area contributed by atoms with Gasteiger partial charge in [-0.1, -0.05) is 46.3 Å². The second kappa shape index (κ2) is 8.39. The van der Waals surface area contributed by atoms with Crippen molar-refractivity contribution >= 4 is 38.7 Å². The van der Waals surface area contributed by atoms with Gasteiger partial charge in [0.15, 0.2) is 0 Å². The van der Waals surface area contributed by atoms with Crippen LogP contribution in [0.1, 0.15) is 28.4 Å². The Balaban J connectivity index is 2.01. The summed E-state index contributed by atoms with van der Waals surface area (Å²) < 4.78 is 7.09. The Morgan fingerprint density at radius 3 is 2.61 bits per heavy atom. The first kappa shape index (κ1) is 19.8. The summed E-state index contributed by atoms with van der Waals surface area (Å²) in [5.41, 5.74) is 1.40. The van der Waals surface area contributed by atoms with E-state index in [1.807, 2.05) is 36.4 Å². The second-order valence-corrected chi connectivity index (χ2v) is 7.25. The topological polar surface area (TPSA) is 77.4 Å². The molecule has 1 N–H and O–H groups in total. The Kier molecular flexibility index (Phi) is 5.94. The number of hydrogen-bond donors (Lipinski definition) is 1. The second-order valence-electron chi connectivity index (χ2n) is 6.33. The number of carbonyl (C=O) groups excluding carboxylic acids is 2. The number of aryl methyl sites for hydroxylation is 1. The Labute approximate surface area is 170 Å². The molecular weight excluding hydrogens is 424 g/mol. The number of hydrogen-bond acceptors (Lipinski definition) is 4. The number of aromatic nitrogens is 1. The highest BCUT2D eigenvalue weighted by molar-refractivity contribution is 9.10. The highest BCUT2D eigenvalue weighted by Crippen LogP contribution is 2.23. The standard InChI is InChI=1S/C21H19BrN2O4/c1-24-18-9-4-3-8-15(18)16(11-19(24)25)21(27)23-17(12-20(26)28-2)13-6-5-7-14(22)10-13/h3-11,17H,12H2,1-2H3,(H,23,27). The lowest BCUT2D eigenvalue weighted by Crippen LogP contribution is -2.32. The number of nitrogens with zero attached hydrogens (tertiary/aromatic N) is 1. The molecule has 0 bridgehead atoms. The largest absolute Gasteiger partial charge is 0.469 e. The van der Waals surface area contributed by atoms with E-state index in [2.05, 4.69) is 21.2 Å². The first-order valence-corrected chi connectivity index (χ1v) is 9.42. The first-order valence-electron chi connectivity index (χ1n) is 8.62. The van der Waals surface area contributed by atoms with Gasteiger partial charge in [0, 0.05) is 23.0 Å². The molecule has 3 rings (SSSR count). The molecule has 3 aromatic rings. The van der Waals surface area contributed by atoms with Crippen molar-refractivity contribution in [1.29, 1.82) is 0 Å². The molecule has 0 saturated heterocycles. The minimum atomic E-state index is -0.597. The maximum atomic E-state index is 13.0. The van der Waals surface area contributed by atoms with Crippen molar-refractivity contribution in [2.24, 2.45) is 7.05 Å². The van der Waals surface area contributed by atoms with Crippen molar-refractivity contribution in [1.82, 2.24) is 9.88 Å². The monoisotopic (exact) mass is 442 g/mol. The highest BCUT2D eigenvalue weighted by Gasteiger charge is 2.22. The lowest BCUT2D eigenvalue weighted by atomic mass is 10.0. The van der Waals surface area contributed by atoms with Crippen molar-refractivity contribution in [2.75, 3.05) is 7.11 Å². The lowest BCUT2D eigenvalue weighted by molar-refractivity contribution is -0.141. The molecule has 0 fully saturated rings. The lowest BCUT2D eigenvalue weighted by Gasteiger charge is -2.19. The molecular formula is C21H19BrN2O4. The molecule has 7 heteroatoms. The number of pyridine rings is 1. The van der Waals surface area contributed by atoms with E-state index in [-0.39, 0.29) is 17.5 Å². The maximum Gasteiger partial charge on any atom is 0.307 e. The first-order chi connectivity index (χ1) is 13.4. The van der Waals surface area contributed by atoms with E-state index < -0.39 is 17.9 Å². The van der Waals surface area contributed by atoms with Crippen LogP contribution in [-0.2, 0) is 16.6 Å². The van der Waals surface area contributed by atoms with Gasteiger partial charge in [0.2, 0.25) is 0 Å². The third kappa shape index (κ3) is 4.14. The summed E-state index contributed by atoms with van der Waals surface area (Å²) in [6.45, 7) is 0. The number of amides is 1. The van der Waals surface area contributed by atoms with Crippen molar-refractivity contribution in [3.05, 3.63) is 80.6 Å². The number of nitrogens with one attached hydrogen (secondary N) is 1. The molecule has 1 amide bonds. The average molecular weight is 443 g/mol. The summed E-state index contributed by atoms with van der Waals surface area (Å²) in [5, 5.41) is 3.53. The molecule has 0 spiro atoms. The zero-order valence-corrected chi connectivity index (χ0v) is 17.0. The number of benzene rings is 2. The van der Waals surface area contributed by atoms with Gasteiger partial charge in [0.1, 0.15) is 0 Å². The van der Waals surface area contributed by atoms with E-state index in [1.165, 1.54) is 17.7 Å². The Bertz CT molecular complexity index is 1110. The highest BCUT2D eigenvalue weighted by atomic mass is 79.9. The van der Waals surface area contributed by atoms with E-state index in [9.17, 15) is 14.4 Å². The van der Waals surface area contributed by atoms with E-state index in [1.54, 1.807) is 19.2 Å². The summed E-state index contributed by atoms with van der Waals surface area (Å²) in [4.78, 5) is 37.2. The van der Waals surface area contributed by atoms with Crippen molar-refractivity contribution in [3.63, 3.8) is 0 Å². The third-order valence-electron chi connectivity index (χ3n) is 4.55. The van der Waals surface area contributed by atoms with Crippen LogP contribution in [0.15, 0.2) is 63.9 Å². The summed E-state index contributed by atoms with van der Waals surface area (Å²) in [7, 11) is 2.96. The molecule has 0 saturated carbocycles. The zero-order valence-electron chi connectivity index (χ0n) is 15.4. The smallest absolute Gasteiger partial charge is 0.307 e. The average Bonchev–Trinajstić information content (AvgIpc) is 2.70. The van der Waals surface area contributed by atoms with Crippen LogP contribution >= 0.6 is 15.9 Å². The van der Waals surface area contributed by atoms with E-state index in [4.69, 9.17) is 4.74 Å². The minimum absolute atomic E-state index is 0.0263. The van der Waals surface area contributed by atoms with Gasteiger partial charge in [-0.2, -0.15) is 0 Å². The fourth-order valence-electron chi connectivity index (χ4n) is 3.06. The van der Waals surface area contributed by atoms with Crippen LogP contribution in [-0.4, -0.2) is 23.6 Å². The van der Waals surface area contributed by atoms with E-state index in [0.717, 1.165) is 10.0 Å². The number of halogens is 1. The number of rotatable bonds is 5. The van der Waals surface area contributed by atoms with Crippen LogP contribution in [0.25, 0.3) is 10.9 Å². The fraction of sp³-hybridized carbons (Fsp3) is 0.190. The Morgan fingerprint density at radius 1 is 1.14 bits per heavy atom. The minimum Gasteiger partial charge on any atom is -0.469 e. The van der Waals surface area contributed by atoms with Gasteiger partial charge in [0.05, 0.1) is 30.7 Å². The summed E-state index contributed by atoms with van der Waals surface area (Å²) >= 11 is 3.40. The molecule has 2 aromatic carbocycles. The van der Waals surface area contributed by atoms with Crippen LogP contribution < -0.4 is 10.9 Å². The van der Waals surface area contributed by atoms with Crippen LogP contribution in [0.4, 0.5) is 0 Å². The molecule has 0 aliphatic rings. The van der Waals surface area contributed by atoms with Gasteiger partial charge in [-0.25, -0.2) is 0 Å². The van der Waals surface area contributed by atoms with Crippen LogP contribution in [0.3, 0.4) is 0 Å². The van der Waals surface area contributed by atoms with E-state index in [0.29, 0.717) is 10.9 Å². The zero-order chi connectivity index (χ0) is 20.3. The van der Waals surface area contributed by atoms with Gasteiger partial charge in [0.25, 0.3) is 11.5 Å². The molecule has 0 aliphatic carbocycles. The van der Waals surface area contributed by atoms with Crippen LogP contribution in [0.2, 0.25) is 0 Å². The van der Waals surface area contributed by atoms with Crippen LogP contribution in [0, 0.1) is 0 Å². The molecule has 1 heterocycles. The summed E-state index contributed by atoms with van der Waals surface area (Å²) in [5.74, 6) is -0.873. The molecule has 0 radical (unpaired) electrons. The number of para-hydroxylation sites is 1. The number of ether oxygens (including phenoxy) is 1. The van der Waals surface area contributed by atoms with Gasteiger partial charge in [-0.15, -0.1) is 0 Å². The number of fused-ring (bicyclic) bond motifs is 1. The molecule has 1 aromatic heterocycles. The molecule has 144 valence electrons. The van der Waals surface area contributed by atoms with Gasteiger partial charge in [-0.3, -0.25) is 14.4 Å². The van der Waals surface area contributed by atoms with Gasteiger partial charge in [-0.05, 0) is 23.8 Å². The van der Waals surface area contributed by atoms with Crippen molar-refractivity contribution < 1.29 is 14.3 Å². The van der Waals surface area contributed by atoms with E-state index >= 15 is 0 Å². The third-order valence-corrected chi connectivity index (χ3v) is 5.05. The Morgan fingerprint density at radius 2 is 1.89 bits per heavy atom. The number of methoxy groups -OCH3 is 1. The SMILES string of the molecule is COC(=O)CC(NC(=O)c1cc(=O)n(C)c2ccccc12)c1cccc(Br)c1. The quantitative estimate of drug-likeness (QED) is 0.614. The normalized spacial score (nSPS) is 11.8. The molecule has 6 nitrogen and oxygen atoms in total. The molecule has 1 atom stereocenters. The number of carbonyl (C=O) groups is 2. The molecule has 28 heavy (non-hydrogen) atoms. The molecule has 1 unspecified atom stereocenters. The molecule has 0 aliphatic heterocycles. The fourth-order valence-corrected chi connectivity index (χ4v) is 3.48. The number of esters is 1. The van der Waals surface area contributed by atoms with Gasteiger partial charge >= 0.3 is 5.97 Å². The van der Waals surface area contributed by atoms with Crippen molar-refractivity contribution in [2.45, 2.75) is 12.5 Å². The Hall–Kier alpha value is -2.93. The maximum absolute atomic E-state index is 13.0. The van der Waals surface area contributed by atoms with Crippen LogP contribution in [0.5, 0.6) is 0 Å². The predicted molar refractivity (Wildman–Crippen MR) is 110 cm³/mol. The summed E-state index contributed by atoms with van der Waals surface area (Å²) in [6.07, 6.45) is -0.0263. The van der Waals surface area contributed by atoms with Crippen molar-refractivity contribution in [3.8, 4) is 0 Å². The summed E-state index contributed by atoms with van der Waals surface area (Å²) in [6, 6.07) is 15.2.